The van der Waals surface area contributed by atoms with Crippen LogP contribution in [-0.2, 0) is 4.79 Å². The Bertz CT molecular complexity index is 494. The van der Waals surface area contributed by atoms with Gasteiger partial charge in [-0.15, -0.1) is 12.4 Å². The number of likely N-dealkylation sites (tertiary alicyclic amines) is 1. The molecular formula is C17H27ClN2O2. The van der Waals surface area contributed by atoms with Crippen LogP contribution in [0, 0.1) is 13.8 Å². The smallest absolute Gasteiger partial charge is 0.226 e. The monoisotopic (exact) mass is 326 g/mol. The van der Waals surface area contributed by atoms with Gasteiger partial charge in [-0.05, 0) is 56.4 Å². The van der Waals surface area contributed by atoms with Crippen LogP contribution in [0.4, 0.5) is 0 Å². The lowest BCUT2D eigenvalue weighted by Gasteiger charge is -2.35. The number of rotatable bonds is 5. The highest BCUT2D eigenvalue weighted by Gasteiger charge is 2.25. The highest BCUT2D eigenvalue weighted by Crippen LogP contribution is 2.19. The van der Waals surface area contributed by atoms with Crippen LogP contribution >= 0.6 is 12.4 Å². The molecule has 0 aliphatic carbocycles. The fourth-order valence-electron chi connectivity index (χ4n) is 2.78. The number of aryl methyl sites for hydroxylation is 2. The first-order valence-electron chi connectivity index (χ1n) is 7.81. The molecule has 0 spiro atoms. The molecule has 1 heterocycles. The fourth-order valence-corrected chi connectivity index (χ4v) is 2.78. The van der Waals surface area contributed by atoms with E-state index in [-0.39, 0.29) is 24.4 Å². The van der Waals surface area contributed by atoms with Crippen molar-refractivity contribution >= 4 is 18.3 Å². The minimum Gasteiger partial charge on any atom is -0.493 e. The van der Waals surface area contributed by atoms with E-state index in [1.54, 1.807) is 0 Å². The summed E-state index contributed by atoms with van der Waals surface area (Å²) in [5.74, 6) is 0.994. The normalized spacial score (nSPS) is 17.8. The zero-order valence-electron chi connectivity index (χ0n) is 13.5. The number of hydrogen-bond acceptors (Lipinski definition) is 3. The molecule has 1 fully saturated rings. The molecule has 1 aliphatic rings. The molecule has 0 saturated carbocycles. The number of nitrogens with zero attached hydrogens (tertiary/aromatic N) is 1. The fraction of sp³-hybridized carbons (Fsp3) is 0.588. The van der Waals surface area contributed by atoms with Crippen LogP contribution in [-0.4, -0.2) is 36.5 Å². The Morgan fingerprint density at radius 3 is 2.77 bits per heavy atom. The van der Waals surface area contributed by atoms with Gasteiger partial charge in [0.25, 0.3) is 0 Å². The van der Waals surface area contributed by atoms with Crippen molar-refractivity contribution in [2.75, 3.05) is 19.7 Å². The van der Waals surface area contributed by atoms with Crippen LogP contribution in [0.2, 0.25) is 0 Å². The van der Waals surface area contributed by atoms with E-state index in [0.717, 1.165) is 25.1 Å². The Labute approximate surface area is 139 Å². The molecule has 1 unspecified atom stereocenters. The molecule has 0 radical (unpaired) electrons. The Hall–Kier alpha value is -1.26. The van der Waals surface area contributed by atoms with Crippen molar-refractivity contribution in [2.24, 2.45) is 5.73 Å². The summed E-state index contributed by atoms with van der Waals surface area (Å²) in [6.07, 6.45) is 3.70. The van der Waals surface area contributed by atoms with Crippen molar-refractivity contribution in [3.05, 3.63) is 29.3 Å². The third-order valence-corrected chi connectivity index (χ3v) is 4.28. The molecule has 22 heavy (non-hydrogen) atoms. The van der Waals surface area contributed by atoms with Crippen LogP contribution in [0.1, 0.15) is 36.8 Å². The van der Waals surface area contributed by atoms with Gasteiger partial charge in [0.05, 0.1) is 13.0 Å². The molecule has 4 nitrogen and oxygen atoms in total. The summed E-state index contributed by atoms with van der Waals surface area (Å²) in [7, 11) is 0. The van der Waals surface area contributed by atoms with E-state index < -0.39 is 0 Å². The predicted molar refractivity (Wildman–Crippen MR) is 91.7 cm³/mol. The second kappa shape index (κ2) is 9.01. The number of nitrogens with two attached hydrogens (primary N) is 1. The minimum absolute atomic E-state index is 0. The molecule has 5 heteroatoms. The average Bonchev–Trinajstić information content (AvgIpc) is 2.50. The number of carbonyl (C=O) groups excluding carboxylic acids is 1. The molecule has 124 valence electrons. The van der Waals surface area contributed by atoms with Gasteiger partial charge in [0, 0.05) is 19.1 Å². The third-order valence-electron chi connectivity index (χ3n) is 4.28. The van der Waals surface area contributed by atoms with Gasteiger partial charge >= 0.3 is 0 Å². The van der Waals surface area contributed by atoms with Crippen molar-refractivity contribution in [1.29, 1.82) is 0 Å². The van der Waals surface area contributed by atoms with Gasteiger partial charge in [-0.2, -0.15) is 0 Å². The number of carbonyl (C=O) groups is 1. The Morgan fingerprint density at radius 1 is 1.32 bits per heavy atom. The number of ether oxygens (including phenoxy) is 1. The van der Waals surface area contributed by atoms with Gasteiger partial charge in [0.1, 0.15) is 5.75 Å². The highest BCUT2D eigenvalue weighted by atomic mass is 35.5. The predicted octanol–water partition coefficient (Wildman–Crippen LogP) is 2.83. The summed E-state index contributed by atoms with van der Waals surface area (Å²) in [6, 6.07) is 6.23. The van der Waals surface area contributed by atoms with Gasteiger partial charge in [0.2, 0.25) is 5.91 Å². The van der Waals surface area contributed by atoms with Crippen molar-refractivity contribution in [1.82, 2.24) is 4.90 Å². The summed E-state index contributed by atoms with van der Waals surface area (Å²) < 4.78 is 5.69. The van der Waals surface area contributed by atoms with E-state index in [9.17, 15) is 4.79 Å². The number of benzene rings is 1. The van der Waals surface area contributed by atoms with Gasteiger partial charge in [0.15, 0.2) is 0 Å². The average molecular weight is 327 g/mol. The largest absolute Gasteiger partial charge is 0.493 e. The van der Waals surface area contributed by atoms with Crippen LogP contribution in [0.3, 0.4) is 0 Å². The molecule has 1 atom stereocenters. The van der Waals surface area contributed by atoms with E-state index in [2.05, 4.69) is 13.8 Å². The van der Waals surface area contributed by atoms with Gasteiger partial charge < -0.3 is 15.4 Å². The number of piperidine rings is 1. The molecule has 2 rings (SSSR count). The SMILES string of the molecule is Cc1ccc(OCCC(=O)N2CCCCC2CN)cc1C.Cl. The third kappa shape index (κ3) is 4.89. The standard InChI is InChI=1S/C17H26N2O2.ClH/c1-13-6-7-16(11-14(13)2)21-10-8-17(20)19-9-4-3-5-15(19)12-18;/h6-7,11,15H,3-5,8-10,12,18H2,1-2H3;1H. The summed E-state index contributed by atoms with van der Waals surface area (Å²) in [4.78, 5) is 14.2. The molecule has 1 amide bonds. The van der Waals surface area contributed by atoms with E-state index in [1.165, 1.54) is 17.5 Å². The first-order chi connectivity index (χ1) is 10.1. The van der Waals surface area contributed by atoms with Crippen LogP contribution in [0.25, 0.3) is 0 Å². The van der Waals surface area contributed by atoms with Gasteiger partial charge in [-0.1, -0.05) is 6.07 Å². The quantitative estimate of drug-likeness (QED) is 0.905. The lowest BCUT2D eigenvalue weighted by molar-refractivity contribution is -0.135. The van der Waals surface area contributed by atoms with Crippen molar-refractivity contribution in [2.45, 2.75) is 45.6 Å². The Balaban J connectivity index is 0.00000242. The van der Waals surface area contributed by atoms with E-state index in [0.29, 0.717) is 19.6 Å². The van der Waals surface area contributed by atoms with E-state index in [4.69, 9.17) is 10.5 Å². The lowest BCUT2D eigenvalue weighted by Crippen LogP contribution is -2.47. The lowest BCUT2D eigenvalue weighted by atomic mass is 10.0. The molecule has 1 aliphatic heterocycles. The number of amides is 1. The highest BCUT2D eigenvalue weighted by molar-refractivity contribution is 5.85. The summed E-state index contributed by atoms with van der Waals surface area (Å²) >= 11 is 0. The second-order valence-corrected chi connectivity index (χ2v) is 5.82. The van der Waals surface area contributed by atoms with Crippen molar-refractivity contribution < 1.29 is 9.53 Å². The molecule has 0 aromatic heterocycles. The molecule has 1 aromatic rings. The van der Waals surface area contributed by atoms with Crippen LogP contribution in [0.5, 0.6) is 5.75 Å². The van der Waals surface area contributed by atoms with Crippen LogP contribution < -0.4 is 10.5 Å². The van der Waals surface area contributed by atoms with E-state index in [1.807, 2.05) is 23.1 Å². The topological polar surface area (TPSA) is 55.6 Å². The summed E-state index contributed by atoms with van der Waals surface area (Å²) in [6.45, 7) is 5.96. The minimum atomic E-state index is 0. The Morgan fingerprint density at radius 2 is 2.09 bits per heavy atom. The molecule has 0 bridgehead atoms. The van der Waals surface area contributed by atoms with Crippen molar-refractivity contribution in [3.8, 4) is 5.75 Å². The maximum absolute atomic E-state index is 12.3. The second-order valence-electron chi connectivity index (χ2n) is 5.82. The molecule has 1 saturated heterocycles. The number of hydrogen-bond donors (Lipinski definition) is 1. The maximum Gasteiger partial charge on any atom is 0.226 e. The zero-order valence-corrected chi connectivity index (χ0v) is 14.3. The first kappa shape index (κ1) is 18.8. The van der Waals surface area contributed by atoms with Crippen molar-refractivity contribution in [3.63, 3.8) is 0 Å². The zero-order chi connectivity index (χ0) is 15.2. The summed E-state index contributed by atoms with van der Waals surface area (Å²) in [5, 5.41) is 0. The van der Waals surface area contributed by atoms with Crippen LogP contribution in [0.15, 0.2) is 18.2 Å². The molecule has 1 aromatic carbocycles. The Kier molecular flexibility index (Phi) is 7.69. The summed E-state index contributed by atoms with van der Waals surface area (Å²) in [5.41, 5.74) is 8.21. The van der Waals surface area contributed by atoms with Gasteiger partial charge in [-0.25, -0.2) is 0 Å². The molecular weight excluding hydrogens is 300 g/mol. The maximum atomic E-state index is 12.3. The van der Waals surface area contributed by atoms with Gasteiger partial charge in [-0.3, -0.25) is 4.79 Å². The first-order valence-corrected chi connectivity index (χ1v) is 7.81. The molecule has 2 N–H and O–H groups in total. The van der Waals surface area contributed by atoms with E-state index >= 15 is 0 Å². The number of halogens is 1.